The predicted molar refractivity (Wildman–Crippen MR) is 105 cm³/mol. The minimum atomic E-state index is -0.993. The molecule has 0 atom stereocenters. The molecule has 0 saturated carbocycles. The van der Waals surface area contributed by atoms with Gasteiger partial charge in [-0.1, -0.05) is 41.4 Å². The molecule has 0 aliphatic carbocycles. The van der Waals surface area contributed by atoms with E-state index in [1.54, 1.807) is 30.3 Å². The summed E-state index contributed by atoms with van der Waals surface area (Å²) in [6.07, 6.45) is 1.99. The summed E-state index contributed by atoms with van der Waals surface area (Å²) in [6.45, 7) is 0.268. The van der Waals surface area contributed by atoms with Crippen molar-refractivity contribution < 1.29 is 14.6 Å². The van der Waals surface area contributed by atoms with Gasteiger partial charge in [-0.3, -0.25) is 0 Å². The number of aromatic nitrogens is 2. The first-order valence-corrected chi connectivity index (χ1v) is 8.73. The van der Waals surface area contributed by atoms with Gasteiger partial charge >= 0.3 is 5.97 Å². The molecule has 1 heterocycles. The molecule has 0 aliphatic heterocycles. The Balaban J connectivity index is 1.74. The second-order valence-corrected chi connectivity index (χ2v) is 6.44. The van der Waals surface area contributed by atoms with Gasteiger partial charge in [0.05, 0.1) is 24.1 Å². The molecule has 0 fully saturated rings. The van der Waals surface area contributed by atoms with Crippen LogP contribution in [0.2, 0.25) is 10.0 Å². The number of carboxylic acid groups (broad SMARTS) is 1. The van der Waals surface area contributed by atoms with Crippen LogP contribution in [0.1, 0.15) is 15.9 Å². The largest absolute Gasteiger partial charge is 0.478 e. The van der Waals surface area contributed by atoms with Crippen molar-refractivity contribution in [3.8, 4) is 17.1 Å². The molecule has 0 spiro atoms. The molecule has 1 aromatic heterocycles. The fraction of sp³-hybridized carbons (Fsp3) is 0.105. The van der Waals surface area contributed by atoms with E-state index in [1.165, 1.54) is 18.3 Å². The SMILES string of the molecule is Nc1ncc(-c2ccc(C(=O)O)cc2)nc1OCCc1c(Cl)cccc1Cl. The maximum absolute atomic E-state index is 10.9. The average molecular weight is 404 g/mol. The van der Waals surface area contributed by atoms with Crippen molar-refractivity contribution in [3.63, 3.8) is 0 Å². The van der Waals surface area contributed by atoms with E-state index in [1.807, 2.05) is 0 Å². The lowest BCUT2D eigenvalue weighted by atomic mass is 10.1. The number of anilines is 1. The van der Waals surface area contributed by atoms with Crippen molar-refractivity contribution in [1.82, 2.24) is 9.97 Å². The Bertz CT molecular complexity index is 958. The molecule has 27 heavy (non-hydrogen) atoms. The normalized spacial score (nSPS) is 10.6. The highest BCUT2D eigenvalue weighted by molar-refractivity contribution is 6.35. The van der Waals surface area contributed by atoms with Gasteiger partial charge in [0.2, 0.25) is 0 Å². The van der Waals surface area contributed by atoms with E-state index < -0.39 is 5.97 Å². The molecule has 138 valence electrons. The Labute approximate surface area is 165 Å². The van der Waals surface area contributed by atoms with Gasteiger partial charge in [-0.25, -0.2) is 14.8 Å². The molecule has 8 heteroatoms. The lowest BCUT2D eigenvalue weighted by Crippen LogP contribution is -2.07. The molecule has 0 amide bonds. The molecule has 2 aromatic carbocycles. The lowest BCUT2D eigenvalue weighted by Gasteiger charge is -2.11. The number of carbonyl (C=O) groups is 1. The number of nitrogens with zero attached hydrogens (tertiary/aromatic N) is 2. The first kappa shape index (κ1) is 18.9. The summed E-state index contributed by atoms with van der Waals surface area (Å²) in [5.74, 6) is -0.642. The van der Waals surface area contributed by atoms with Crippen molar-refractivity contribution in [2.45, 2.75) is 6.42 Å². The number of nitrogen functional groups attached to an aromatic ring is 1. The van der Waals surface area contributed by atoms with Crippen LogP contribution in [-0.2, 0) is 6.42 Å². The second kappa shape index (κ2) is 8.24. The van der Waals surface area contributed by atoms with Crippen LogP contribution in [0, 0.1) is 0 Å². The summed E-state index contributed by atoms with van der Waals surface area (Å²) in [6, 6.07) is 11.6. The predicted octanol–water partition coefficient (Wildman–Crippen LogP) is 4.35. The number of rotatable bonds is 6. The number of benzene rings is 2. The summed E-state index contributed by atoms with van der Waals surface area (Å²) in [5, 5.41) is 10.1. The molecule has 0 aliphatic rings. The number of halogens is 2. The minimum Gasteiger partial charge on any atom is -0.478 e. The number of carboxylic acids is 1. The highest BCUT2D eigenvalue weighted by atomic mass is 35.5. The topological polar surface area (TPSA) is 98.3 Å². The van der Waals surface area contributed by atoms with Crippen molar-refractivity contribution >= 4 is 35.0 Å². The Kier molecular flexibility index (Phi) is 5.78. The van der Waals surface area contributed by atoms with Crippen LogP contribution in [0.25, 0.3) is 11.3 Å². The van der Waals surface area contributed by atoms with Crippen molar-refractivity contribution in [1.29, 1.82) is 0 Å². The number of hydrogen-bond donors (Lipinski definition) is 2. The van der Waals surface area contributed by atoms with Gasteiger partial charge in [0.25, 0.3) is 5.88 Å². The van der Waals surface area contributed by atoms with Crippen LogP contribution < -0.4 is 10.5 Å². The summed E-state index contributed by atoms with van der Waals surface area (Å²) >= 11 is 12.3. The molecule has 0 unspecified atom stereocenters. The van der Waals surface area contributed by atoms with Crippen molar-refractivity contribution in [3.05, 3.63) is 69.8 Å². The molecule has 0 bridgehead atoms. The summed E-state index contributed by atoms with van der Waals surface area (Å²) in [5.41, 5.74) is 8.04. The van der Waals surface area contributed by atoms with E-state index in [0.717, 1.165) is 5.56 Å². The van der Waals surface area contributed by atoms with Crippen LogP contribution in [0.3, 0.4) is 0 Å². The van der Waals surface area contributed by atoms with Crippen molar-refractivity contribution in [2.75, 3.05) is 12.3 Å². The van der Waals surface area contributed by atoms with Crippen molar-refractivity contribution in [2.24, 2.45) is 0 Å². The van der Waals surface area contributed by atoms with E-state index in [4.69, 9.17) is 38.8 Å². The van der Waals surface area contributed by atoms with E-state index in [2.05, 4.69) is 9.97 Å². The zero-order chi connectivity index (χ0) is 19.4. The number of aromatic carboxylic acids is 1. The van der Waals surface area contributed by atoms with Crippen LogP contribution >= 0.6 is 23.2 Å². The number of hydrogen-bond acceptors (Lipinski definition) is 5. The third-order valence-corrected chi connectivity index (χ3v) is 4.56. The zero-order valence-corrected chi connectivity index (χ0v) is 15.5. The summed E-state index contributed by atoms with van der Waals surface area (Å²) in [4.78, 5) is 19.4. The van der Waals surface area contributed by atoms with E-state index in [9.17, 15) is 4.79 Å². The van der Waals surface area contributed by atoms with E-state index in [-0.39, 0.29) is 23.9 Å². The van der Waals surface area contributed by atoms with Gasteiger partial charge in [-0.05, 0) is 29.8 Å². The fourth-order valence-electron chi connectivity index (χ4n) is 2.43. The Morgan fingerprint density at radius 2 is 1.78 bits per heavy atom. The van der Waals surface area contributed by atoms with Gasteiger partial charge < -0.3 is 15.6 Å². The zero-order valence-electron chi connectivity index (χ0n) is 14.0. The van der Waals surface area contributed by atoms with Crippen LogP contribution in [0.15, 0.2) is 48.7 Å². The smallest absolute Gasteiger partial charge is 0.335 e. The Hall–Kier alpha value is -2.83. The molecular weight excluding hydrogens is 389 g/mol. The monoisotopic (exact) mass is 403 g/mol. The first-order valence-electron chi connectivity index (χ1n) is 7.97. The van der Waals surface area contributed by atoms with Gasteiger partial charge in [0.1, 0.15) is 0 Å². The van der Waals surface area contributed by atoms with Crippen LogP contribution in [-0.4, -0.2) is 27.7 Å². The van der Waals surface area contributed by atoms with Gasteiger partial charge in [-0.2, -0.15) is 0 Å². The Morgan fingerprint density at radius 1 is 1.11 bits per heavy atom. The van der Waals surface area contributed by atoms with E-state index in [0.29, 0.717) is 27.7 Å². The fourth-order valence-corrected chi connectivity index (χ4v) is 3.02. The molecule has 0 radical (unpaired) electrons. The summed E-state index contributed by atoms with van der Waals surface area (Å²) < 4.78 is 5.66. The Morgan fingerprint density at radius 3 is 2.41 bits per heavy atom. The molecule has 0 saturated heterocycles. The van der Waals surface area contributed by atoms with Gasteiger partial charge in [0, 0.05) is 22.0 Å². The lowest BCUT2D eigenvalue weighted by molar-refractivity contribution is 0.0697. The molecule has 3 rings (SSSR count). The van der Waals surface area contributed by atoms with Crippen LogP contribution in [0.4, 0.5) is 5.82 Å². The molecule has 6 nitrogen and oxygen atoms in total. The van der Waals surface area contributed by atoms with E-state index >= 15 is 0 Å². The standard InChI is InChI=1S/C19H15Cl2N3O3/c20-14-2-1-3-15(21)13(14)8-9-27-18-17(22)23-10-16(24-18)11-4-6-12(7-5-11)19(25)26/h1-7,10H,8-9H2,(H2,22,23)(H,25,26). The van der Waals surface area contributed by atoms with Gasteiger partial charge in [0.15, 0.2) is 5.82 Å². The van der Waals surface area contributed by atoms with Gasteiger partial charge in [-0.15, -0.1) is 0 Å². The quantitative estimate of drug-likeness (QED) is 0.634. The number of ether oxygens (including phenoxy) is 1. The first-order chi connectivity index (χ1) is 13.0. The maximum atomic E-state index is 10.9. The second-order valence-electron chi connectivity index (χ2n) is 5.63. The van der Waals surface area contributed by atoms with Crippen LogP contribution in [0.5, 0.6) is 5.88 Å². The third kappa shape index (κ3) is 4.48. The molecule has 3 N–H and O–H groups in total. The summed E-state index contributed by atoms with van der Waals surface area (Å²) in [7, 11) is 0. The minimum absolute atomic E-state index is 0.158. The average Bonchev–Trinajstić information content (AvgIpc) is 2.65. The highest BCUT2D eigenvalue weighted by Crippen LogP contribution is 2.26. The number of nitrogens with two attached hydrogens (primary N) is 1. The maximum Gasteiger partial charge on any atom is 0.335 e. The third-order valence-electron chi connectivity index (χ3n) is 3.85. The molecule has 3 aromatic rings. The highest BCUT2D eigenvalue weighted by Gasteiger charge is 2.11. The molecular formula is C19H15Cl2N3O3.